The standard InChI is InChI=1S/C37H51N7O6.C2HF3O2/c1-3-4-15-30(34(46)43-32(24-28(39)16-19-38)37(49)50-36(48)27-17-20-44(2)21-18-27)41-35(47)31(23-26-13-9-6-10-14-26)42-33(45)29(40)22-25-11-7-5-8-12-25;3-2(4,5)1(6)7/h5-14,27-32H,15-24,38-40H2,1-2H3,(H,41,47)(H,42,45)(H,43,46);(H,6,7)/t28?,29-,30?,31-,32-;/m1./s1. The molecule has 1 aliphatic rings. The van der Waals surface area contributed by atoms with Crippen LogP contribution in [0.3, 0.4) is 0 Å². The lowest BCUT2D eigenvalue weighted by atomic mass is 9.97. The van der Waals surface area contributed by atoms with E-state index in [9.17, 15) is 37.1 Å². The second kappa shape index (κ2) is 24.3. The van der Waals surface area contributed by atoms with Crippen molar-refractivity contribution in [3.05, 3.63) is 71.8 Å². The van der Waals surface area contributed by atoms with Gasteiger partial charge in [-0.25, -0.2) is 9.59 Å². The molecule has 5 atom stereocenters. The van der Waals surface area contributed by atoms with Crippen LogP contribution in [-0.4, -0.2) is 109 Å². The summed E-state index contributed by atoms with van der Waals surface area (Å²) in [6.45, 7) is 3.23. The largest absolute Gasteiger partial charge is 0.490 e. The SMILES string of the molecule is CC#CCC(NC(=O)[C@@H](Cc1ccccc1)NC(=O)[C@H](N)Cc1ccccc1)C(=O)N[C@H](CC(N)CCN)C(=O)OC(=O)C1CCN(C)CC1.O=C(O)C(F)(F)F. The third kappa shape index (κ3) is 18.0. The summed E-state index contributed by atoms with van der Waals surface area (Å²) in [7, 11) is 1.95. The van der Waals surface area contributed by atoms with Crippen LogP contribution in [0.2, 0.25) is 0 Å². The summed E-state index contributed by atoms with van der Waals surface area (Å²) in [6, 6.07) is 13.2. The zero-order chi connectivity index (χ0) is 42.5. The smallest absolute Gasteiger partial charge is 0.475 e. The van der Waals surface area contributed by atoms with E-state index in [2.05, 4.69) is 32.7 Å². The van der Waals surface area contributed by atoms with Crippen molar-refractivity contribution in [1.29, 1.82) is 0 Å². The first-order chi connectivity index (χ1) is 26.9. The van der Waals surface area contributed by atoms with Crippen molar-refractivity contribution >= 4 is 35.6 Å². The number of hydrogen-bond donors (Lipinski definition) is 7. The van der Waals surface area contributed by atoms with Crippen LogP contribution in [0.5, 0.6) is 0 Å². The molecule has 0 aromatic heterocycles. The molecule has 3 amide bonds. The van der Waals surface area contributed by atoms with Gasteiger partial charge in [-0.05, 0) is 76.8 Å². The molecule has 0 spiro atoms. The molecule has 57 heavy (non-hydrogen) atoms. The van der Waals surface area contributed by atoms with Crippen molar-refractivity contribution in [3.63, 3.8) is 0 Å². The van der Waals surface area contributed by atoms with Crippen LogP contribution in [-0.2, 0) is 46.3 Å². The third-order valence-corrected chi connectivity index (χ3v) is 8.84. The van der Waals surface area contributed by atoms with Gasteiger partial charge >= 0.3 is 24.1 Å². The Kier molecular flexibility index (Phi) is 20.4. The van der Waals surface area contributed by atoms with E-state index in [1.807, 2.05) is 67.7 Å². The predicted molar refractivity (Wildman–Crippen MR) is 203 cm³/mol. The molecule has 2 aromatic carbocycles. The molecule has 312 valence electrons. The van der Waals surface area contributed by atoms with Gasteiger partial charge < -0.3 is 47.9 Å². The number of nitrogens with two attached hydrogens (primary N) is 3. The summed E-state index contributed by atoms with van der Waals surface area (Å²) in [5.41, 5.74) is 19.7. The molecule has 0 radical (unpaired) electrons. The number of halogens is 3. The van der Waals surface area contributed by atoms with Crippen molar-refractivity contribution < 1.29 is 51.8 Å². The third-order valence-electron chi connectivity index (χ3n) is 8.84. The highest BCUT2D eigenvalue weighted by atomic mass is 19.4. The minimum absolute atomic E-state index is 0.0471. The van der Waals surface area contributed by atoms with Gasteiger partial charge in [0.2, 0.25) is 17.7 Å². The van der Waals surface area contributed by atoms with Gasteiger partial charge in [-0.15, -0.1) is 11.8 Å². The summed E-state index contributed by atoms with van der Waals surface area (Å²) in [5.74, 6) is -1.19. The van der Waals surface area contributed by atoms with Gasteiger partial charge in [0.25, 0.3) is 0 Å². The van der Waals surface area contributed by atoms with E-state index in [4.69, 9.17) is 31.8 Å². The number of benzene rings is 2. The number of carboxylic acid groups (broad SMARTS) is 1. The average Bonchev–Trinajstić information content (AvgIpc) is 3.16. The number of carboxylic acids is 1. The van der Waals surface area contributed by atoms with Gasteiger partial charge in [0.15, 0.2) is 0 Å². The molecule has 1 aliphatic heterocycles. The highest BCUT2D eigenvalue weighted by molar-refractivity contribution is 5.96. The molecule has 0 saturated carbocycles. The average molecular weight is 804 g/mol. The Labute approximate surface area is 329 Å². The Bertz CT molecular complexity index is 1680. The van der Waals surface area contributed by atoms with Crippen LogP contribution in [0.25, 0.3) is 0 Å². The van der Waals surface area contributed by atoms with Gasteiger partial charge in [-0.3, -0.25) is 19.2 Å². The summed E-state index contributed by atoms with van der Waals surface area (Å²) in [6.07, 6.45) is -3.40. The number of carbonyl (C=O) groups is 6. The number of rotatable bonds is 17. The van der Waals surface area contributed by atoms with E-state index in [-0.39, 0.29) is 32.2 Å². The molecule has 15 nitrogen and oxygen atoms in total. The monoisotopic (exact) mass is 803 g/mol. The summed E-state index contributed by atoms with van der Waals surface area (Å²) in [4.78, 5) is 77.9. The number of hydrogen-bond acceptors (Lipinski definition) is 11. The Balaban J connectivity index is 0.00000146. The zero-order valence-corrected chi connectivity index (χ0v) is 31.9. The molecular formula is C39H52F3N7O8. The molecule has 10 N–H and O–H groups in total. The molecular weight excluding hydrogens is 751 g/mol. The molecule has 18 heteroatoms. The van der Waals surface area contributed by atoms with E-state index in [0.717, 1.165) is 11.1 Å². The van der Waals surface area contributed by atoms with E-state index >= 15 is 0 Å². The van der Waals surface area contributed by atoms with Gasteiger partial charge in [0.05, 0.1) is 12.0 Å². The van der Waals surface area contributed by atoms with Gasteiger partial charge in [-0.2, -0.15) is 13.2 Å². The number of alkyl halides is 3. The normalized spacial score (nSPS) is 15.7. The maximum Gasteiger partial charge on any atom is 0.490 e. The first-order valence-corrected chi connectivity index (χ1v) is 18.3. The number of piperidine rings is 1. The molecule has 0 aliphatic carbocycles. The Morgan fingerprint density at radius 2 is 1.33 bits per heavy atom. The van der Waals surface area contributed by atoms with Crippen molar-refractivity contribution in [3.8, 4) is 11.8 Å². The summed E-state index contributed by atoms with van der Waals surface area (Å²) >= 11 is 0. The van der Waals surface area contributed by atoms with Gasteiger partial charge in [0.1, 0.15) is 18.1 Å². The molecule has 2 aromatic rings. The zero-order valence-electron chi connectivity index (χ0n) is 31.9. The van der Waals surface area contributed by atoms with E-state index in [1.54, 1.807) is 6.92 Å². The fourth-order valence-electron chi connectivity index (χ4n) is 5.60. The first kappa shape index (κ1) is 47.8. The number of esters is 2. The number of carbonyl (C=O) groups excluding carboxylic acids is 5. The minimum Gasteiger partial charge on any atom is -0.475 e. The lowest BCUT2D eigenvalue weighted by Crippen LogP contribution is -2.58. The molecule has 2 unspecified atom stereocenters. The van der Waals surface area contributed by atoms with Crippen LogP contribution < -0.4 is 33.2 Å². The van der Waals surface area contributed by atoms with Gasteiger partial charge in [-0.1, -0.05) is 60.7 Å². The fraction of sp³-hybridized carbons (Fsp3) is 0.487. The number of nitrogens with zero attached hydrogens (tertiary/aromatic N) is 1. The lowest BCUT2D eigenvalue weighted by molar-refractivity contribution is -0.192. The van der Waals surface area contributed by atoms with Crippen LogP contribution in [0.1, 0.15) is 50.2 Å². The number of ether oxygens (including phenoxy) is 1. The number of nitrogens with one attached hydrogen (secondary N) is 3. The van der Waals surface area contributed by atoms with Crippen LogP contribution in [0, 0.1) is 17.8 Å². The van der Waals surface area contributed by atoms with Crippen LogP contribution in [0.15, 0.2) is 60.7 Å². The number of likely N-dealkylation sites (tertiary alicyclic amines) is 1. The van der Waals surface area contributed by atoms with E-state index in [1.165, 1.54) is 0 Å². The fourth-order valence-corrected chi connectivity index (χ4v) is 5.60. The van der Waals surface area contributed by atoms with Crippen molar-refractivity contribution in [1.82, 2.24) is 20.9 Å². The second-order valence-electron chi connectivity index (χ2n) is 13.5. The summed E-state index contributed by atoms with van der Waals surface area (Å²) < 4.78 is 37.0. The highest BCUT2D eigenvalue weighted by Gasteiger charge is 2.38. The maximum absolute atomic E-state index is 13.8. The van der Waals surface area contributed by atoms with Crippen LogP contribution in [0.4, 0.5) is 13.2 Å². The predicted octanol–water partition coefficient (Wildman–Crippen LogP) is 0.778. The van der Waals surface area contributed by atoms with Crippen molar-refractivity contribution in [2.75, 3.05) is 26.7 Å². The second-order valence-corrected chi connectivity index (χ2v) is 13.5. The lowest BCUT2D eigenvalue weighted by Gasteiger charge is -2.28. The van der Waals surface area contributed by atoms with Crippen molar-refractivity contribution in [2.24, 2.45) is 23.1 Å². The Hall–Kier alpha value is -5.35. The molecule has 1 heterocycles. The molecule has 3 rings (SSSR count). The Morgan fingerprint density at radius 1 is 0.842 bits per heavy atom. The number of aliphatic carboxylic acids is 1. The van der Waals surface area contributed by atoms with E-state index < -0.39 is 77.9 Å². The number of amides is 3. The molecule has 0 bridgehead atoms. The van der Waals surface area contributed by atoms with Crippen molar-refractivity contribution in [2.45, 2.75) is 88.3 Å². The first-order valence-electron chi connectivity index (χ1n) is 18.3. The molecule has 1 saturated heterocycles. The highest BCUT2D eigenvalue weighted by Crippen LogP contribution is 2.18. The quantitative estimate of drug-likeness (QED) is 0.0666. The Morgan fingerprint density at radius 3 is 1.84 bits per heavy atom. The topological polar surface area (TPSA) is 249 Å². The maximum atomic E-state index is 13.8. The molecule has 1 fully saturated rings. The van der Waals surface area contributed by atoms with Crippen LogP contribution >= 0.6 is 0 Å². The van der Waals surface area contributed by atoms with E-state index in [0.29, 0.717) is 32.4 Å². The van der Waals surface area contributed by atoms with Gasteiger partial charge in [0, 0.05) is 18.9 Å². The minimum atomic E-state index is -5.08. The summed E-state index contributed by atoms with van der Waals surface area (Å²) in [5, 5.41) is 15.2.